The molecule has 4 nitrogen and oxygen atoms in total. The third-order valence-corrected chi connectivity index (χ3v) is 4.80. The molecule has 1 unspecified atom stereocenters. The standard InChI is InChI=1S/C14H27NO3S.C2H6/c1-5-14(6-2,7-3)13(18)15-11(12(16)17)9-10-19-8-4;1-2/h11H,5-10H2,1-4H3,(H,15,18)(H,16,17);1-2H3. The van der Waals surface area contributed by atoms with E-state index >= 15 is 0 Å². The van der Waals surface area contributed by atoms with Crippen molar-refractivity contribution >= 4 is 23.6 Å². The van der Waals surface area contributed by atoms with Gasteiger partial charge in [-0.15, -0.1) is 0 Å². The summed E-state index contributed by atoms with van der Waals surface area (Å²) >= 11 is 1.69. The third kappa shape index (κ3) is 7.74. The average Bonchev–Trinajstić information content (AvgIpc) is 2.50. The van der Waals surface area contributed by atoms with Crippen LogP contribution in [-0.2, 0) is 9.59 Å². The van der Waals surface area contributed by atoms with Gasteiger partial charge in [-0.2, -0.15) is 11.8 Å². The van der Waals surface area contributed by atoms with Crippen LogP contribution in [0.5, 0.6) is 0 Å². The number of thioether (sulfide) groups is 1. The lowest BCUT2D eigenvalue weighted by Gasteiger charge is -2.30. The Balaban J connectivity index is 0. The first-order valence-corrected chi connectivity index (χ1v) is 9.24. The van der Waals surface area contributed by atoms with Crippen molar-refractivity contribution in [3.05, 3.63) is 0 Å². The molecular weight excluding hydrogens is 286 g/mol. The summed E-state index contributed by atoms with van der Waals surface area (Å²) in [5.74, 6) is 0.657. The maximum Gasteiger partial charge on any atom is 0.326 e. The average molecular weight is 320 g/mol. The fraction of sp³-hybridized carbons (Fsp3) is 0.875. The van der Waals surface area contributed by atoms with Crippen LogP contribution in [0.4, 0.5) is 0 Å². The Labute approximate surface area is 134 Å². The van der Waals surface area contributed by atoms with Crippen LogP contribution in [-0.4, -0.2) is 34.5 Å². The summed E-state index contributed by atoms with van der Waals surface area (Å²) in [4.78, 5) is 23.5. The predicted molar refractivity (Wildman–Crippen MR) is 91.8 cm³/mol. The molecule has 0 aromatic rings. The largest absolute Gasteiger partial charge is 0.480 e. The van der Waals surface area contributed by atoms with Crippen molar-refractivity contribution in [3.8, 4) is 0 Å². The van der Waals surface area contributed by atoms with Crippen LogP contribution >= 0.6 is 11.8 Å². The smallest absolute Gasteiger partial charge is 0.326 e. The van der Waals surface area contributed by atoms with E-state index in [0.29, 0.717) is 6.42 Å². The van der Waals surface area contributed by atoms with Gasteiger partial charge >= 0.3 is 5.97 Å². The minimum Gasteiger partial charge on any atom is -0.480 e. The molecule has 0 aliphatic heterocycles. The van der Waals surface area contributed by atoms with Crippen LogP contribution in [0.25, 0.3) is 0 Å². The first kappa shape index (κ1) is 22.6. The molecule has 5 heteroatoms. The van der Waals surface area contributed by atoms with Gasteiger partial charge in [0.1, 0.15) is 6.04 Å². The van der Waals surface area contributed by atoms with Crippen molar-refractivity contribution in [3.63, 3.8) is 0 Å². The summed E-state index contributed by atoms with van der Waals surface area (Å²) in [6.07, 6.45) is 2.69. The zero-order valence-corrected chi connectivity index (χ0v) is 15.3. The molecule has 0 rings (SSSR count). The molecule has 0 radical (unpaired) electrons. The second-order valence-corrected chi connectivity index (χ2v) is 6.08. The molecule has 0 bridgehead atoms. The number of carbonyl (C=O) groups excluding carboxylic acids is 1. The maximum absolute atomic E-state index is 12.3. The lowest BCUT2D eigenvalue weighted by atomic mass is 9.78. The van der Waals surface area contributed by atoms with Gasteiger partial charge in [0.05, 0.1) is 0 Å². The molecule has 126 valence electrons. The number of carboxylic acid groups (broad SMARTS) is 1. The lowest BCUT2D eigenvalue weighted by molar-refractivity contribution is -0.144. The molecule has 0 saturated carbocycles. The molecule has 0 spiro atoms. The summed E-state index contributed by atoms with van der Waals surface area (Å²) in [6.45, 7) is 12.0. The number of carbonyl (C=O) groups is 2. The van der Waals surface area contributed by atoms with Crippen molar-refractivity contribution in [2.75, 3.05) is 11.5 Å². The number of rotatable bonds is 10. The summed E-state index contributed by atoms with van der Waals surface area (Å²) in [5.41, 5.74) is -0.425. The van der Waals surface area contributed by atoms with E-state index in [2.05, 4.69) is 5.32 Å². The molecule has 0 aliphatic rings. The number of hydrogen-bond donors (Lipinski definition) is 2. The number of nitrogens with one attached hydrogen (secondary N) is 1. The van der Waals surface area contributed by atoms with E-state index in [1.54, 1.807) is 11.8 Å². The van der Waals surface area contributed by atoms with Gasteiger partial charge in [-0.25, -0.2) is 4.79 Å². The number of aliphatic carboxylic acids is 1. The molecule has 1 amide bonds. The summed E-state index contributed by atoms with van der Waals surface area (Å²) in [5, 5.41) is 11.9. The highest BCUT2D eigenvalue weighted by Gasteiger charge is 2.35. The third-order valence-electron chi connectivity index (χ3n) is 3.87. The van der Waals surface area contributed by atoms with Crippen molar-refractivity contribution in [1.82, 2.24) is 5.32 Å². The molecular formula is C16H33NO3S. The van der Waals surface area contributed by atoms with Crippen LogP contribution in [0.3, 0.4) is 0 Å². The highest BCUT2D eigenvalue weighted by molar-refractivity contribution is 7.99. The van der Waals surface area contributed by atoms with E-state index in [-0.39, 0.29) is 5.91 Å². The molecule has 0 aliphatic carbocycles. The number of carboxylic acids is 1. The number of hydrogen-bond acceptors (Lipinski definition) is 3. The van der Waals surface area contributed by atoms with Crippen LogP contribution in [0, 0.1) is 5.41 Å². The summed E-state index contributed by atoms with van der Waals surface area (Å²) in [6, 6.07) is -0.768. The molecule has 0 saturated heterocycles. The van der Waals surface area contributed by atoms with E-state index in [1.165, 1.54) is 0 Å². The molecule has 0 fully saturated rings. The minimum atomic E-state index is -0.942. The first-order valence-electron chi connectivity index (χ1n) is 8.08. The topological polar surface area (TPSA) is 66.4 Å². The Hall–Kier alpha value is -0.710. The van der Waals surface area contributed by atoms with E-state index in [1.807, 2.05) is 41.5 Å². The van der Waals surface area contributed by atoms with Crippen molar-refractivity contribution < 1.29 is 14.7 Å². The molecule has 21 heavy (non-hydrogen) atoms. The van der Waals surface area contributed by atoms with E-state index < -0.39 is 17.4 Å². The minimum absolute atomic E-state index is 0.117. The highest BCUT2D eigenvalue weighted by Crippen LogP contribution is 2.30. The van der Waals surface area contributed by atoms with Gasteiger partial charge in [0.25, 0.3) is 0 Å². The Kier molecular flexibility index (Phi) is 14.0. The molecule has 0 aromatic carbocycles. The molecule has 0 heterocycles. The van der Waals surface area contributed by atoms with Crippen LogP contribution in [0.15, 0.2) is 0 Å². The van der Waals surface area contributed by atoms with E-state index in [4.69, 9.17) is 0 Å². The fourth-order valence-corrected chi connectivity index (χ4v) is 2.84. The first-order chi connectivity index (χ1) is 9.97. The Morgan fingerprint density at radius 2 is 1.57 bits per heavy atom. The zero-order chi connectivity index (χ0) is 16.9. The van der Waals surface area contributed by atoms with Crippen LogP contribution in [0.2, 0.25) is 0 Å². The number of amides is 1. The van der Waals surface area contributed by atoms with Gasteiger partial charge in [0, 0.05) is 5.41 Å². The normalized spacial score (nSPS) is 12.1. The Morgan fingerprint density at radius 1 is 1.10 bits per heavy atom. The predicted octanol–water partition coefficient (Wildman–Crippen LogP) is 3.94. The SMILES string of the molecule is CC.CCSCCC(NC(=O)C(CC)(CC)CC)C(=O)O. The van der Waals surface area contributed by atoms with Gasteiger partial charge in [-0.3, -0.25) is 4.79 Å². The molecule has 1 atom stereocenters. The highest BCUT2D eigenvalue weighted by atomic mass is 32.2. The van der Waals surface area contributed by atoms with E-state index in [0.717, 1.165) is 30.8 Å². The second-order valence-electron chi connectivity index (χ2n) is 4.69. The summed E-state index contributed by atoms with van der Waals surface area (Å²) in [7, 11) is 0. The monoisotopic (exact) mass is 319 g/mol. The van der Waals surface area contributed by atoms with Crippen molar-refractivity contribution in [1.29, 1.82) is 0 Å². The van der Waals surface area contributed by atoms with Gasteiger partial charge in [0.15, 0.2) is 0 Å². The Morgan fingerprint density at radius 3 is 1.90 bits per heavy atom. The fourth-order valence-electron chi connectivity index (χ4n) is 2.15. The summed E-state index contributed by atoms with van der Waals surface area (Å²) < 4.78 is 0. The zero-order valence-electron chi connectivity index (χ0n) is 14.5. The molecule has 2 N–H and O–H groups in total. The van der Waals surface area contributed by atoms with Crippen molar-refractivity contribution in [2.45, 2.75) is 73.3 Å². The second kappa shape index (κ2) is 13.0. The maximum atomic E-state index is 12.3. The van der Waals surface area contributed by atoms with Crippen molar-refractivity contribution in [2.24, 2.45) is 5.41 Å². The quantitative estimate of drug-likeness (QED) is 0.599. The van der Waals surface area contributed by atoms with Crippen LogP contribution in [0.1, 0.15) is 67.2 Å². The Bertz CT molecular complexity index is 283. The lowest BCUT2D eigenvalue weighted by Crippen LogP contribution is -2.48. The van der Waals surface area contributed by atoms with E-state index in [9.17, 15) is 14.7 Å². The van der Waals surface area contributed by atoms with Gasteiger partial charge in [0.2, 0.25) is 5.91 Å². The van der Waals surface area contributed by atoms with Gasteiger partial charge in [-0.1, -0.05) is 41.5 Å². The molecule has 0 aromatic heterocycles. The van der Waals surface area contributed by atoms with Gasteiger partial charge < -0.3 is 10.4 Å². The van der Waals surface area contributed by atoms with Crippen LogP contribution < -0.4 is 5.32 Å². The van der Waals surface area contributed by atoms with Gasteiger partial charge in [-0.05, 0) is 37.2 Å².